The minimum Gasteiger partial charge on any atom is -0.495 e. The Morgan fingerprint density at radius 3 is 2.42 bits per heavy atom. The molecule has 2 aromatic rings. The largest absolute Gasteiger partial charge is 0.495 e. The van der Waals surface area contributed by atoms with Gasteiger partial charge in [-0.3, -0.25) is 4.79 Å². The molecule has 3 N–H and O–H groups in total. The number of nitrogens with one attached hydrogen (secondary N) is 2. The van der Waals surface area contributed by atoms with Crippen molar-refractivity contribution < 1.29 is 19.4 Å². The van der Waals surface area contributed by atoms with Gasteiger partial charge in [0, 0.05) is 0 Å². The lowest BCUT2D eigenvalue weighted by Gasteiger charge is -2.19. The molecule has 2 aromatic carbocycles. The van der Waals surface area contributed by atoms with Gasteiger partial charge in [0.1, 0.15) is 5.75 Å². The van der Waals surface area contributed by atoms with Crippen LogP contribution in [0.15, 0.2) is 48.5 Å². The van der Waals surface area contributed by atoms with Gasteiger partial charge in [0.25, 0.3) is 0 Å². The summed E-state index contributed by atoms with van der Waals surface area (Å²) in [6, 6.07) is 13.3. The molecule has 1 atom stereocenters. The first kappa shape index (κ1) is 17.3. The lowest BCUT2D eigenvalue weighted by atomic mass is 10.0. The Balaban J connectivity index is 2.12. The number of urea groups is 1. The first-order valence-electron chi connectivity index (χ1n) is 7.48. The molecule has 6 nitrogen and oxygen atoms in total. The van der Waals surface area contributed by atoms with E-state index in [0.717, 1.165) is 11.1 Å². The zero-order chi connectivity index (χ0) is 17.5. The highest BCUT2D eigenvalue weighted by atomic mass is 16.5. The maximum Gasteiger partial charge on any atom is 0.319 e. The predicted molar refractivity (Wildman–Crippen MR) is 91.3 cm³/mol. The second kappa shape index (κ2) is 8.01. The van der Waals surface area contributed by atoms with Crippen LogP contribution in [0.1, 0.15) is 23.6 Å². The molecular formula is C18H20N2O4. The first-order chi connectivity index (χ1) is 11.5. The molecule has 0 unspecified atom stereocenters. The Hall–Kier alpha value is -3.02. The summed E-state index contributed by atoms with van der Waals surface area (Å²) in [6.45, 7) is 1.94. The van der Waals surface area contributed by atoms with Gasteiger partial charge in [-0.05, 0) is 24.6 Å². The van der Waals surface area contributed by atoms with Crippen LogP contribution < -0.4 is 15.4 Å². The molecule has 0 radical (unpaired) electrons. The number of benzene rings is 2. The fourth-order valence-corrected chi connectivity index (χ4v) is 2.29. The van der Waals surface area contributed by atoms with Gasteiger partial charge < -0.3 is 20.5 Å². The van der Waals surface area contributed by atoms with Crippen LogP contribution in [0.3, 0.4) is 0 Å². The number of amides is 2. The molecule has 0 saturated heterocycles. The van der Waals surface area contributed by atoms with Crippen LogP contribution >= 0.6 is 0 Å². The first-order valence-corrected chi connectivity index (χ1v) is 7.48. The van der Waals surface area contributed by atoms with Crippen LogP contribution in [0.25, 0.3) is 0 Å². The number of hydrogen-bond acceptors (Lipinski definition) is 3. The molecular weight excluding hydrogens is 308 g/mol. The molecule has 6 heteroatoms. The molecule has 0 fully saturated rings. The molecule has 0 aliphatic rings. The van der Waals surface area contributed by atoms with Crippen molar-refractivity contribution in [1.29, 1.82) is 0 Å². The van der Waals surface area contributed by atoms with E-state index in [2.05, 4.69) is 10.6 Å². The second-order valence-corrected chi connectivity index (χ2v) is 5.36. The third-order valence-corrected chi connectivity index (χ3v) is 3.52. The van der Waals surface area contributed by atoms with Gasteiger partial charge in [-0.2, -0.15) is 0 Å². The highest BCUT2D eigenvalue weighted by Gasteiger charge is 2.18. The molecule has 0 heterocycles. The highest BCUT2D eigenvalue weighted by Crippen LogP contribution is 2.23. The number of aryl methyl sites for hydroxylation is 1. The smallest absolute Gasteiger partial charge is 0.319 e. The van der Waals surface area contributed by atoms with Gasteiger partial charge in [-0.25, -0.2) is 4.79 Å². The number of ether oxygens (including phenoxy) is 1. The zero-order valence-corrected chi connectivity index (χ0v) is 13.6. The van der Waals surface area contributed by atoms with E-state index in [4.69, 9.17) is 9.84 Å². The number of carboxylic acids is 1. The van der Waals surface area contributed by atoms with E-state index in [-0.39, 0.29) is 6.42 Å². The Morgan fingerprint density at radius 1 is 1.12 bits per heavy atom. The van der Waals surface area contributed by atoms with Gasteiger partial charge in [0.05, 0.1) is 25.3 Å². The third-order valence-electron chi connectivity index (χ3n) is 3.52. The number of aliphatic carboxylic acids is 1. The van der Waals surface area contributed by atoms with Crippen LogP contribution in [-0.4, -0.2) is 24.2 Å². The average molecular weight is 328 g/mol. The number of rotatable bonds is 6. The van der Waals surface area contributed by atoms with Gasteiger partial charge in [-0.1, -0.05) is 42.0 Å². The summed E-state index contributed by atoms with van der Waals surface area (Å²) < 4.78 is 5.18. The maximum absolute atomic E-state index is 12.2. The maximum atomic E-state index is 12.2. The van der Waals surface area contributed by atoms with E-state index >= 15 is 0 Å². The predicted octanol–water partition coefficient (Wildman–Crippen LogP) is 3.34. The minimum absolute atomic E-state index is 0.206. The Labute approximate surface area is 140 Å². The van der Waals surface area contributed by atoms with Crippen molar-refractivity contribution in [2.24, 2.45) is 0 Å². The fourth-order valence-electron chi connectivity index (χ4n) is 2.29. The molecule has 0 aromatic heterocycles. The van der Waals surface area contributed by atoms with Crippen molar-refractivity contribution >= 4 is 17.7 Å². The van der Waals surface area contributed by atoms with Crippen molar-refractivity contribution in [1.82, 2.24) is 5.32 Å². The van der Waals surface area contributed by atoms with Crippen LogP contribution in [0, 0.1) is 6.92 Å². The third kappa shape index (κ3) is 4.74. The summed E-state index contributed by atoms with van der Waals surface area (Å²) >= 11 is 0. The zero-order valence-electron chi connectivity index (χ0n) is 13.6. The van der Waals surface area contributed by atoms with Crippen molar-refractivity contribution in [2.75, 3.05) is 12.4 Å². The van der Waals surface area contributed by atoms with E-state index < -0.39 is 18.0 Å². The number of para-hydroxylation sites is 2. The molecule has 0 bridgehead atoms. The molecule has 126 valence electrons. The lowest BCUT2D eigenvalue weighted by molar-refractivity contribution is -0.137. The molecule has 2 rings (SSSR count). The monoisotopic (exact) mass is 328 g/mol. The lowest BCUT2D eigenvalue weighted by Crippen LogP contribution is -2.33. The topological polar surface area (TPSA) is 87.7 Å². The SMILES string of the molecule is COc1ccccc1NC(=O)N[C@H](CC(=O)O)c1ccc(C)cc1. The van der Waals surface area contributed by atoms with Gasteiger partial charge >= 0.3 is 12.0 Å². The Bertz CT molecular complexity index is 713. The summed E-state index contributed by atoms with van der Waals surface area (Å²) in [4.78, 5) is 23.3. The van der Waals surface area contributed by atoms with Crippen LogP contribution in [-0.2, 0) is 4.79 Å². The average Bonchev–Trinajstić information content (AvgIpc) is 2.55. The van der Waals surface area contributed by atoms with E-state index in [0.29, 0.717) is 11.4 Å². The standard InChI is InChI=1S/C18H20N2O4/c1-12-7-9-13(10-8-12)15(11-17(21)22)20-18(23)19-14-5-3-4-6-16(14)24-2/h3-10,15H,11H2,1-2H3,(H,21,22)(H2,19,20,23)/t15-/m1/s1. The number of methoxy groups -OCH3 is 1. The summed E-state index contributed by atoms with van der Waals surface area (Å²) in [5.41, 5.74) is 2.31. The second-order valence-electron chi connectivity index (χ2n) is 5.36. The van der Waals surface area contributed by atoms with Crippen LogP contribution in [0.5, 0.6) is 5.75 Å². The number of hydrogen-bond donors (Lipinski definition) is 3. The highest BCUT2D eigenvalue weighted by molar-refractivity contribution is 5.91. The Morgan fingerprint density at radius 2 is 1.79 bits per heavy atom. The number of carboxylic acid groups (broad SMARTS) is 1. The van der Waals surface area contributed by atoms with Crippen LogP contribution in [0.4, 0.5) is 10.5 Å². The van der Waals surface area contributed by atoms with Crippen LogP contribution in [0.2, 0.25) is 0 Å². The van der Waals surface area contributed by atoms with E-state index in [1.54, 1.807) is 24.3 Å². The van der Waals surface area contributed by atoms with E-state index in [1.165, 1.54) is 7.11 Å². The summed E-state index contributed by atoms with van der Waals surface area (Å²) in [6.07, 6.45) is -0.206. The molecule has 0 spiro atoms. The van der Waals surface area contributed by atoms with Crippen molar-refractivity contribution in [3.8, 4) is 5.75 Å². The normalized spacial score (nSPS) is 11.4. The van der Waals surface area contributed by atoms with Gasteiger partial charge in [0.2, 0.25) is 0 Å². The number of carbonyl (C=O) groups is 2. The summed E-state index contributed by atoms with van der Waals surface area (Å²) in [5.74, 6) is -0.462. The quantitative estimate of drug-likeness (QED) is 0.759. The van der Waals surface area contributed by atoms with Crippen molar-refractivity contribution in [2.45, 2.75) is 19.4 Å². The molecule has 0 saturated carbocycles. The molecule has 24 heavy (non-hydrogen) atoms. The number of anilines is 1. The number of carbonyl (C=O) groups excluding carboxylic acids is 1. The Kier molecular flexibility index (Phi) is 5.78. The minimum atomic E-state index is -0.988. The van der Waals surface area contributed by atoms with E-state index in [9.17, 15) is 9.59 Å². The van der Waals surface area contributed by atoms with E-state index in [1.807, 2.05) is 31.2 Å². The molecule has 0 aliphatic heterocycles. The van der Waals surface area contributed by atoms with Gasteiger partial charge in [0.15, 0.2) is 0 Å². The summed E-state index contributed by atoms with van der Waals surface area (Å²) in [5, 5.41) is 14.5. The van der Waals surface area contributed by atoms with Gasteiger partial charge in [-0.15, -0.1) is 0 Å². The summed E-state index contributed by atoms with van der Waals surface area (Å²) in [7, 11) is 1.51. The van der Waals surface area contributed by atoms with Crippen molar-refractivity contribution in [3.63, 3.8) is 0 Å². The van der Waals surface area contributed by atoms with Crippen molar-refractivity contribution in [3.05, 3.63) is 59.7 Å². The molecule has 0 aliphatic carbocycles. The fraction of sp³-hybridized carbons (Fsp3) is 0.222. The molecule has 2 amide bonds.